The van der Waals surface area contributed by atoms with Crippen molar-refractivity contribution in [1.82, 2.24) is 9.66 Å². The lowest BCUT2D eigenvalue weighted by Crippen LogP contribution is -2.14. The van der Waals surface area contributed by atoms with E-state index in [4.69, 9.17) is 10.1 Å². The van der Waals surface area contributed by atoms with Gasteiger partial charge in [-0.15, -0.1) is 11.3 Å². The summed E-state index contributed by atoms with van der Waals surface area (Å²) in [6.07, 6.45) is 3.45. The molecule has 0 unspecified atom stereocenters. The second-order valence-corrected chi connectivity index (χ2v) is 7.25. The first kappa shape index (κ1) is 19.0. The zero-order chi connectivity index (χ0) is 20.1. The van der Waals surface area contributed by atoms with Gasteiger partial charge in [-0.25, -0.2) is 9.07 Å². The lowest BCUT2D eigenvalue weighted by Gasteiger charge is -2.07. The summed E-state index contributed by atoms with van der Waals surface area (Å²) >= 11 is 1.45. The van der Waals surface area contributed by atoms with Gasteiger partial charge in [0.2, 0.25) is 4.80 Å². The minimum absolute atomic E-state index is 0.287. The minimum Gasteiger partial charge on any atom is -0.265 e. The number of benzene rings is 2. The van der Waals surface area contributed by atoms with Gasteiger partial charge in [-0.05, 0) is 36.8 Å². The van der Waals surface area contributed by atoms with Gasteiger partial charge in [0.25, 0.3) is 0 Å². The first-order valence-electron chi connectivity index (χ1n) is 9.18. The molecule has 0 aliphatic heterocycles. The van der Waals surface area contributed by atoms with Crippen LogP contribution in [-0.2, 0) is 6.54 Å². The van der Waals surface area contributed by atoms with Crippen molar-refractivity contribution in [3.8, 4) is 11.3 Å². The van der Waals surface area contributed by atoms with Crippen LogP contribution in [0.2, 0.25) is 0 Å². The van der Waals surface area contributed by atoms with E-state index < -0.39 is 0 Å². The molecule has 0 fully saturated rings. The Kier molecular flexibility index (Phi) is 5.72. The Morgan fingerprint density at radius 3 is 2.48 bits per heavy atom. The van der Waals surface area contributed by atoms with Crippen LogP contribution in [0.15, 0.2) is 94.6 Å². The summed E-state index contributed by atoms with van der Waals surface area (Å²) in [5, 5.41) is 6.67. The van der Waals surface area contributed by atoms with Crippen LogP contribution in [0, 0.1) is 5.82 Å². The van der Waals surface area contributed by atoms with Crippen molar-refractivity contribution in [2.24, 2.45) is 10.1 Å². The molecule has 6 heteroatoms. The van der Waals surface area contributed by atoms with E-state index in [1.165, 1.54) is 17.4 Å². The Labute approximate surface area is 172 Å². The third-order valence-electron chi connectivity index (χ3n) is 4.42. The number of pyridine rings is 1. The number of halogens is 1. The van der Waals surface area contributed by atoms with Gasteiger partial charge >= 0.3 is 0 Å². The topological polar surface area (TPSA) is 42.5 Å². The second-order valence-electron chi connectivity index (χ2n) is 6.42. The van der Waals surface area contributed by atoms with Crippen LogP contribution >= 0.6 is 11.3 Å². The molecule has 2 heterocycles. The predicted octanol–water partition coefficient (Wildman–Crippen LogP) is 5.12. The van der Waals surface area contributed by atoms with E-state index in [0.29, 0.717) is 22.6 Å². The monoisotopic (exact) mass is 402 g/mol. The Morgan fingerprint density at radius 1 is 1.00 bits per heavy atom. The zero-order valence-electron chi connectivity index (χ0n) is 15.9. The van der Waals surface area contributed by atoms with Crippen LogP contribution < -0.4 is 4.80 Å². The van der Waals surface area contributed by atoms with Gasteiger partial charge in [-0.2, -0.15) is 5.10 Å². The molecule has 2 aromatic carbocycles. The molecule has 0 spiro atoms. The van der Waals surface area contributed by atoms with Crippen molar-refractivity contribution in [3.05, 3.63) is 106 Å². The first-order valence-corrected chi connectivity index (χ1v) is 10.1. The quantitative estimate of drug-likeness (QED) is 0.427. The van der Waals surface area contributed by atoms with E-state index >= 15 is 0 Å². The molecule has 144 valence electrons. The fraction of sp³-hybridized carbons (Fsp3) is 0.0870. The van der Waals surface area contributed by atoms with E-state index in [1.54, 1.807) is 29.2 Å². The average Bonchev–Trinajstić information content (AvgIpc) is 3.16. The SMILES string of the molecule is CC(=Nn1c(-c2ccccc2F)csc1=NCc1ccccc1)c1ccncc1. The highest BCUT2D eigenvalue weighted by Crippen LogP contribution is 2.23. The molecule has 0 saturated carbocycles. The van der Waals surface area contributed by atoms with Crippen LogP contribution in [0.3, 0.4) is 0 Å². The summed E-state index contributed by atoms with van der Waals surface area (Å²) in [4.78, 5) is 9.50. The Balaban J connectivity index is 1.83. The van der Waals surface area contributed by atoms with Gasteiger partial charge in [0.05, 0.1) is 18.0 Å². The molecule has 4 aromatic rings. The van der Waals surface area contributed by atoms with Gasteiger partial charge in [0.15, 0.2) is 0 Å². The molecule has 0 N–H and O–H groups in total. The van der Waals surface area contributed by atoms with Crippen molar-refractivity contribution in [3.63, 3.8) is 0 Å². The summed E-state index contributed by atoms with van der Waals surface area (Å²) in [5.41, 5.74) is 4.02. The maximum Gasteiger partial charge on any atom is 0.206 e. The largest absolute Gasteiger partial charge is 0.265 e. The smallest absolute Gasteiger partial charge is 0.206 e. The Hall–Kier alpha value is -3.38. The summed E-state index contributed by atoms with van der Waals surface area (Å²) in [6, 6.07) is 20.5. The predicted molar refractivity (Wildman–Crippen MR) is 115 cm³/mol. The van der Waals surface area contributed by atoms with E-state index in [-0.39, 0.29) is 5.82 Å². The van der Waals surface area contributed by atoms with E-state index in [1.807, 2.05) is 60.8 Å². The van der Waals surface area contributed by atoms with E-state index in [2.05, 4.69) is 4.98 Å². The van der Waals surface area contributed by atoms with Gasteiger partial charge in [0.1, 0.15) is 5.82 Å². The van der Waals surface area contributed by atoms with Crippen molar-refractivity contribution in [2.45, 2.75) is 13.5 Å². The molecule has 0 radical (unpaired) electrons. The first-order chi connectivity index (χ1) is 14.2. The summed E-state index contributed by atoms with van der Waals surface area (Å²) < 4.78 is 16.2. The minimum atomic E-state index is -0.287. The highest BCUT2D eigenvalue weighted by Gasteiger charge is 2.12. The highest BCUT2D eigenvalue weighted by atomic mass is 32.1. The Morgan fingerprint density at radius 2 is 1.72 bits per heavy atom. The Bertz CT molecular complexity index is 1190. The maximum absolute atomic E-state index is 14.5. The number of rotatable bonds is 5. The average molecular weight is 402 g/mol. The molecule has 4 nitrogen and oxygen atoms in total. The third kappa shape index (κ3) is 4.38. The maximum atomic E-state index is 14.5. The number of hydrogen-bond acceptors (Lipinski definition) is 4. The lowest BCUT2D eigenvalue weighted by atomic mass is 10.1. The molecule has 2 aromatic heterocycles. The highest BCUT2D eigenvalue weighted by molar-refractivity contribution is 7.07. The van der Waals surface area contributed by atoms with E-state index in [9.17, 15) is 4.39 Å². The molecule has 0 saturated heterocycles. The fourth-order valence-corrected chi connectivity index (χ4v) is 3.72. The number of aromatic nitrogens is 2. The standard InChI is InChI=1S/C23H19FN4S/c1-17(19-11-13-25-14-12-19)27-28-22(20-9-5-6-10-21(20)24)16-29-23(28)26-15-18-7-3-2-4-8-18/h2-14,16H,15H2,1H3. The van der Waals surface area contributed by atoms with Gasteiger partial charge in [-0.1, -0.05) is 42.5 Å². The van der Waals surface area contributed by atoms with Crippen LogP contribution in [0.5, 0.6) is 0 Å². The van der Waals surface area contributed by atoms with Crippen molar-refractivity contribution in [2.75, 3.05) is 0 Å². The molecule has 29 heavy (non-hydrogen) atoms. The fourth-order valence-electron chi connectivity index (χ4n) is 2.90. The van der Waals surface area contributed by atoms with Crippen LogP contribution in [0.1, 0.15) is 18.1 Å². The van der Waals surface area contributed by atoms with Gasteiger partial charge in [0, 0.05) is 28.9 Å². The second kappa shape index (κ2) is 8.75. The molecular weight excluding hydrogens is 383 g/mol. The van der Waals surface area contributed by atoms with Crippen LogP contribution in [0.25, 0.3) is 11.3 Å². The summed E-state index contributed by atoms with van der Waals surface area (Å²) in [7, 11) is 0. The van der Waals surface area contributed by atoms with Crippen molar-refractivity contribution < 1.29 is 4.39 Å². The van der Waals surface area contributed by atoms with Crippen molar-refractivity contribution in [1.29, 1.82) is 0 Å². The lowest BCUT2D eigenvalue weighted by molar-refractivity contribution is 0.629. The normalized spacial score (nSPS) is 12.3. The summed E-state index contributed by atoms with van der Waals surface area (Å²) in [5.74, 6) is -0.287. The molecule has 0 atom stereocenters. The molecule has 0 bridgehead atoms. The van der Waals surface area contributed by atoms with E-state index in [0.717, 1.165) is 16.8 Å². The molecule has 0 aliphatic carbocycles. The molecule has 0 aliphatic rings. The third-order valence-corrected chi connectivity index (χ3v) is 5.28. The number of hydrogen-bond donors (Lipinski definition) is 0. The molecule has 0 amide bonds. The van der Waals surface area contributed by atoms with Gasteiger partial charge in [-0.3, -0.25) is 9.98 Å². The van der Waals surface area contributed by atoms with Crippen LogP contribution in [-0.4, -0.2) is 15.4 Å². The van der Waals surface area contributed by atoms with Gasteiger partial charge < -0.3 is 0 Å². The number of nitrogens with zero attached hydrogens (tertiary/aromatic N) is 4. The molecular formula is C23H19FN4S. The van der Waals surface area contributed by atoms with Crippen molar-refractivity contribution >= 4 is 17.0 Å². The van der Waals surface area contributed by atoms with Crippen LogP contribution in [0.4, 0.5) is 4.39 Å². The summed E-state index contributed by atoms with van der Waals surface area (Å²) in [6.45, 7) is 2.45. The molecule has 4 rings (SSSR count). The zero-order valence-corrected chi connectivity index (χ0v) is 16.7. The number of thiazole rings is 1.